The SMILES string of the molecule is O=C1CN(C[C@@H]2[C@@H](c3ccccc3)[C@]23CN(C(=O)c2cc[nH]c2)C[C@@H]3O)CCN1.O=CO. The minimum absolute atomic E-state index is 0.0445. The van der Waals surface area contributed by atoms with Crippen LogP contribution in [0.15, 0.2) is 48.8 Å². The number of aromatic amines is 1. The molecule has 2 aliphatic heterocycles. The topological polar surface area (TPSA) is 126 Å². The number of rotatable bonds is 4. The Labute approximate surface area is 186 Å². The van der Waals surface area contributed by atoms with Crippen LogP contribution in [-0.2, 0) is 9.59 Å². The van der Waals surface area contributed by atoms with Gasteiger partial charge in [-0.3, -0.25) is 19.3 Å². The fourth-order valence-corrected chi connectivity index (χ4v) is 5.49. The van der Waals surface area contributed by atoms with E-state index in [2.05, 4.69) is 27.3 Å². The van der Waals surface area contributed by atoms with Crippen LogP contribution >= 0.6 is 0 Å². The normalized spacial score (nSPS) is 29.2. The molecule has 0 unspecified atom stereocenters. The van der Waals surface area contributed by atoms with E-state index in [1.54, 1.807) is 23.4 Å². The fraction of sp³-hybridized carbons (Fsp3) is 0.435. The van der Waals surface area contributed by atoms with Gasteiger partial charge in [0, 0.05) is 50.5 Å². The smallest absolute Gasteiger partial charge is 0.290 e. The highest BCUT2D eigenvalue weighted by atomic mass is 16.3. The van der Waals surface area contributed by atoms with Gasteiger partial charge in [-0.2, -0.15) is 0 Å². The number of hydrogen-bond donors (Lipinski definition) is 4. The molecule has 4 atom stereocenters. The van der Waals surface area contributed by atoms with E-state index in [1.807, 2.05) is 18.2 Å². The maximum Gasteiger partial charge on any atom is 0.290 e. The predicted molar refractivity (Wildman–Crippen MR) is 116 cm³/mol. The highest BCUT2D eigenvalue weighted by Gasteiger charge is 2.71. The van der Waals surface area contributed by atoms with Gasteiger partial charge in [-0.1, -0.05) is 30.3 Å². The van der Waals surface area contributed by atoms with Gasteiger partial charge in [-0.15, -0.1) is 0 Å². The third-order valence-electron chi connectivity index (χ3n) is 6.90. The number of H-pyrrole nitrogens is 1. The van der Waals surface area contributed by atoms with Crippen LogP contribution in [0.4, 0.5) is 0 Å². The van der Waals surface area contributed by atoms with Crippen molar-refractivity contribution in [3.8, 4) is 0 Å². The Morgan fingerprint density at radius 2 is 2.00 bits per heavy atom. The van der Waals surface area contributed by atoms with Crippen molar-refractivity contribution in [1.29, 1.82) is 0 Å². The lowest BCUT2D eigenvalue weighted by molar-refractivity contribution is -0.124. The Morgan fingerprint density at radius 3 is 2.66 bits per heavy atom. The van der Waals surface area contributed by atoms with Crippen LogP contribution in [0.5, 0.6) is 0 Å². The molecular weight excluding hydrogens is 412 g/mol. The number of β-amino-alcohol motifs (C(OH)–C–C–N with tert-alkyl or cyclic N) is 1. The molecule has 3 aliphatic rings. The number of nitrogens with one attached hydrogen (secondary N) is 2. The van der Waals surface area contributed by atoms with Gasteiger partial charge in [0.2, 0.25) is 5.91 Å². The van der Waals surface area contributed by atoms with Gasteiger partial charge in [0.1, 0.15) is 0 Å². The first-order valence-corrected chi connectivity index (χ1v) is 10.7. The second-order valence-electron chi connectivity index (χ2n) is 8.60. The van der Waals surface area contributed by atoms with Crippen LogP contribution in [0.2, 0.25) is 0 Å². The van der Waals surface area contributed by atoms with E-state index in [0.29, 0.717) is 31.7 Å². The molecule has 2 saturated heterocycles. The number of aliphatic hydroxyl groups excluding tert-OH is 1. The second kappa shape index (κ2) is 9.13. The Balaban J connectivity index is 0.000000775. The third-order valence-corrected chi connectivity index (χ3v) is 6.90. The van der Waals surface area contributed by atoms with Crippen molar-refractivity contribution < 1.29 is 24.6 Å². The minimum Gasteiger partial charge on any atom is -0.483 e. The van der Waals surface area contributed by atoms with E-state index in [1.165, 1.54) is 5.56 Å². The van der Waals surface area contributed by atoms with Crippen LogP contribution in [-0.4, -0.2) is 88.7 Å². The average molecular weight is 441 g/mol. The molecule has 9 nitrogen and oxygen atoms in total. The lowest BCUT2D eigenvalue weighted by Gasteiger charge is -2.27. The molecule has 32 heavy (non-hydrogen) atoms. The number of nitrogens with zero attached hydrogens (tertiary/aromatic N) is 2. The predicted octanol–water partition coefficient (Wildman–Crippen LogP) is 0.364. The molecule has 1 aliphatic carbocycles. The van der Waals surface area contributed by atoms with Crippen LogP contribution in [0.3, 0.4) is 0 Å². The van der Waals surface area contributed by atoms with E-state index >= 15 is 0 Å². The summed E-state index contributed by atoms with van der Waals surface area (Å²) in [6.45, 7) is 3.29. The molecule has 170 valence electrons. The monoisotopic (exact) mass is 440 g/mol. The zero-order valence-corrected chi connectivity index (χ0v) is 17.7. The second-order valence-corrected chi connectivity index (χ2v) is 8.60. The van der Waals surface area contributed by atoms with E-state index in [4.69, 9.17) is 9.90 Å². The molecule has 1 aromatic heterocycles. The Morgan fingerprint density at radius 1 is 1.25 bits per heavy atom. The molecule has 4 N–H and O–H groups in total. The zero-order chi connectivity index (χ0) is 22.7. The summed E-state index contributed by atoms with van der Waals surface area (Å²) in [5, 5.41) is 20.9. The number of amides is 2. The molecule has 1 aromatic carbocycles. The molecule has 3 heterocycles. The number of hydrogen-bond acceptors (Lipinski definition) is 5. The summed E-state index contributed by atoms with van der Waals surface area (Å²) in [5.74, 6) is 0.415. The minimum atomic E-state index is -0.570. The van der Waals surface area contributed by atoms with Crippen molar-refractivity contribution in [2.75, 3.05) is 39.3 Å². The van der Waals surface area contributed by atoms with Gasteiger partial charge in [-0.05, 0) is 23.5 Å². The number of benzene rings is 1. The summed E-state index contributed by atoms with van der Waals surface area (Å²) in [4.78, 5) is 40.0. The Hall–Kier alpha value is -3.17. The maximum atomic E-state index is 12.9. The van der Waals surface area contributed by atoms with Crippen LogP contribution in [0.1, 0.15) is 21.8 Å². The summed E-state index contributed by atoms with van der Waals surface area (Å²) in [5.41, 5.74) is 1.48. The van der Waals surface area contributed by atoms with Crippen LogP contribution in [0, 0.1) is 11.3 Å². The molecule has 1 spiro atoms. The zero-order valence-electron chi connectivity index (χ0n) is 17.7. The van der Waals surface area contributed by atoms with Gasteiger partial charge in [-0.25, -0.2) is 0 Å². The van der Waals surface area contributed by atoms with Crippen molar-refractivity contribution in [2.24, 2.45) is 11.3 Å². The van der Waals surface area contributed by atoms with E-state index in [9.17, 15) is 14.7 Å². The quantitative estimate of drug-likeness (QED) is 0.509. The van der Waals surface area contributed by atoms with Gasteiger partial charge in [0.25, 0.3) is 12.4 Å². The van der Waals surface area contributed by atoms with Crippen molar-refractivity contribution in [1.82, 2.24) is 20.1 Å². The van der Waals surface area contributed by atoms with E-state index in [0.717, 1.165) is 13.1 Å². The van der Waals surface area contributed by atoms with Crippen molar-refractivity contribution in [2.45, 2.75) is 12.0 Å². The lowest BCUT2D eigenvalue weighted by atomic mass is 9.95. The number of aromatic nitrogens is 1. The van der Waals surface area contributed by atoms with Crippen molar-refractivity contribution >= 4 is 18.3 Å². The van der Waals surface area contributed by atoms with Crippen LogP contribution in [0.25, 0.3) is 0 Å². The maximum absolute atomic E-state index is 12.9. The standard InChI is InChI=1S/C22H26N4O3.CH2O2/c27-18-12-26(21(29)16-6-7-23-10-16)14-22(18)17(11-25-9-8-24-19(28)13-25)20(22)15-4-2-1-3-5-15;2-1-3/h1-7,10,17-18,20,23,27H,8-9,11-14H2,(H,24,28);1H,(H,2,3)/t17-,18+,20-,22-;/m1./s1. The first-order chi connectivity index (χ1) is 15.5. The average Bonchev–Trinajstić information content (AvgIpc) is 3.12. The summed E-state index contributed by atoms with van der Waals surface area (Å²) in [7, 11) is 0. The molecular formula is C23H28N4O5. The number of likely N-dealkylation sites (tertiary alicyclic amines) is 1. The fourth-order valence-electron chi connectivity index (χ4n) is 5.49. The molecule has 1 saturated carbocycles. The number of carboxylic acid groups (broad SMARTS) is 1. The summed E-state index contributed by atoms with van der Waals surface area (Å²) in [6.07, 6.45) is 2.87. The first kappa shape index (κ1) is 22.0. The lowest BCUT2D eigenvalue weighted by Crippen LogP contribution is -2.48. The van der Waals surface area contributed by atoms with Gasteiger partial charge in [0.15, 0.2) is 0 Å². The van der Waals surface area contributed by atoms with Crippen LogP contribution < -0.4 is 5.32 Å². The van der Waals surface area contributed by atoms with Gasteiger partial charge < -0.3 is 25.4 Å². The van der Waals surface area contributed by atoms with E-state index in [-0.39, 0.29) is 35.5 Å². The number of aliphatic hydroxyl groups is 1. The summed E-state index contributed by atoms with van der Waals surface area (Å²) < 4.78 is 0. The number of carbonyl (C=O) groups excluding carboxylic acids is 2. The molecule has 0 bridgehead atoms. The summed E-state index contributed by atoms with van der Waals surface area (Å²) in [6, 6.07) is 12.0. The molecule has 3 fully saturated rings. The number of piperazine rings is 1. The van der Waals surface area contributed by atoms with Crippen molar-refractivity contribution in [3.63, 3.8) is 0 Å². The van der Waals surface area contributed by atoms with Gasteiger partial charge >= 0.3 is 0 Å². The van der Waals surface area contributed by atoms with Gasteiger partial charge in [0.05, 0.1) is 18.2 Å². The molecule has 2 amide bonds. The highest BCUT2D eigenvalue weighted by molar-refractivity contribution is 5.94. The van der Waals surface area contributed by atoms with E-state index < -0.39 is 6.10 Å². The van der Waals surface area contributed by atoms with Crippen molar-refractivity contribution in [3.05, 3.63) is 59.9 Å². The number of carbonyl (C=O) groups is 3. The molecule has 2 aromatic rings. The molecule has 5 rings (SSSR count). The summed E-state index contributed by atoms with van der Waals surface area (Å²) >= 11 is 0. The first-order valence-electron chi connectivity index (χ1n) is 10.7. The highest BCUT2D eigenvalue weighted by Crippen LogP contribution is 2.69. The largest absolute Gasteiger partial charge is 0.483 e. The third kappa shape index (κ3) is 4.01. The molecule has 9 heteroatoms. The molecule has 0 radical (unpaired) electrons. The Bertz CT molecular complexity index is 951. The Kier molecular flexibility index (Phi) is 6.29.